The molecule has 2 N–H and O–H groups in total. The van der Waals surface area contributed by atoms with E-state index in [1.807, 2.05) is 0 Å². The minimum absolute atomic E-state index is 0.147. The number of carbonyl (C=O) groups is 1. The molecule has 0 bridgehead atoms. The van der Waals surface area contributed by atoms with E-state index < -0.39 is 6.04 Å². The Kier molecular flexibility index (Phi) is 2.84. The SMILES string of the molecule is CC(N)C(=O)c1nc(C2CC2)ncc1Br. The zero-order valence-electron chi connectivity index (χ0n) is 8.40. The molecule has 1 aliphatic carbocycles. The first-order valence-corrected chi connectivity index (χ1v) is 5.71. The van der Waals surface area contributed by atoms with Gasteiger partial charge in [-0.25, -0.2) is 9.97 Å². The van der Waals surface area contributed by atoms with Crippen molar-refractivity contribution < 1.29 is 4.79 Å². The van der Waals surface area contributed by atoms with Crippen molar-refractivity contribution in [3.8, 4) is 0 Å². The summed E-state index contributed by atoms with van der Waals surface area (Å²) in [6, 6.07) is -0.525. The smallest absolute Gasteiger partial charge is 0.198 e. The van der Waals surface area contributed by atoms with Crippen LogP contribution >= 0.6 is 15.9 Å². The maximum atomic E-state index is 11.7. The first-order chi connectivity index (χ1) is 7.09. The summed E-state index contributed by atoms with van der Waals surface area (Å²) in [6.07, 6.45) is 3.87. The molecule has 1 heterocycles. The van der Waals surface area contributed by atoms with E-state index in [0.29, 0.717) is 16.1 Å². The third-order valence-corrected chi connectivity index (χ3v) is 2.93. The van der Waals surface area contributed by atoms with Gasteiger partial charge in [-0.05, 0) is 35.7 Å². The summed E-state index contributed by atoms with van der Waals surface area (Å²) < 4.78 is 0.620. The van der Waals surface area contributed by atoms with Gasteiger partial charge in [0.2, 0.25) is 0 Å². The third-order valence-electron chi connectivity index (χ3n) is 2.35. The number of halogens is 1. The Hall–Kier alpha value is -0.810. The van der Waals surface area contributed by atoms with Crippen LogP contribution < -0.4 is 5.73 Å². The number of nitrogens with zero attached hydrogens (tertiary/aromatic N) is 2. The normalized spacial score (nSPS) is 17.5. The van der Waals surface area contributed by atoms with Crippen LogP contribution in [0.5, 0.6) is 0 Å². The average Bonchev–Trinajstić information content (AvgIpc) is 3.01. The van der Waals surface area contributed by atoms with Crippen molar-refractivity contribution in [3.05, 3.63) is 22.2 Å². The van der Waals surface area contributed by atoms with Crippen molar-refractivity contribution in [1.82, 2.24) is 9.97 Å². The molecule has 2 rings (SSSR count). The van der Waals surface area contributed by atoms with Crippen molar-refractivity contribution in [2.24, 2.45) is 5.73 Å². The summed E-state index contributed by atoms with van der Waals surface area (Å²) in [7, 11) is 0. The van der Waals surface area contributed by atoms with Crippen LogP contribution in [0.15, 0.2) is 10.7 Å². The lowest BCUT2D eigenvalue weighted by atomic mass is 10.1. The molecule has 1 aliphatic rings. The number of hydrogen-bond donors (Lipinski definition) is 1. The number of rotatable bonds is 3. The second-order valence-corrected chi connectivity index (χ2v) is 4.71. The lowest BCUT2D eigenvalue weighted by Gasteiger charge is -2.06. The molecule has 1 atom stereocenters. The maximum absolute atomic E-state index is 11.7. The van der Waals surface area contributed by atoms with Crippen LogP contribution in [-0.2, 0) is 0 Å². The molecule has 5 heteroatoms. The van der Waals surface area contributed by atoms with Crippen LogP contribution in [0.1, 0.15) is 42.0 Å². The number of hydrogen-bond acceptors (Lipinski definition) is 4. The standard InChI is InChI=1S/C10H12BrN3O/c1-5(12)9(15)8-7(11)4-13-10(14-8)6-2-3-6/h4-6H,2-3,12H2,1H3. The van der Waals surface area contributed by atoms with Crippen molar-refractivity contribution in [1.29, 1.82) is 0 Å². The van der Waals surface area contributed by atoms with E-state index >= 15 is 0 Å². The van der Waals surface area contributed by atoms with Crippen LogP contribution in [0, 0.1) is 0 Å². The number of aromatic nitrogens is 2. The molecule has 80 valence electrons. The molecule has 1 saturated carbocycles. The topological polar surface area (TPSA) is 68.9 Å². The lowest BCUT2D eigenvalue weighted by molar-refractivity contribution is 0.0961. The molecular formula is C10H12BrN3O. The van der Waals surface area contributed by atoms with E-state index in [0.717, 1.165) is 18.7 Å². The lowest BCUT2D eigenvalue weighted by Crippen LogP contribution is -2.28. The van der Waals surface area contributed by atoms with Gasteiger partial charge >= 0.3 is 0 Å². The van der Waals surface area contributed by atoms with Crippen molar-refractivity contribution in [2.45, 2.75) is 31.7 Å². The molecule has 0 saturated heterocycles. The van der Waals surface area contributed by atoms with E-state index in [1.54, 1.807) is 13.1 Å². The van der Waals surface area contributed by atoms with Gasteiger partial charge in [-0.3, -0.25) is 4.79 Å². The molecule has 4 nitrogen and oxygen atoms in total. The Bertz CT molecular complexity index is 402. The highest BCUT2D eigenvalue weighted by Gasteiger charge is 2.28. The molecule has 1 fully saturated rings. The van der Waals surface area contributed by atoms with Gasteiger partial charge in [0.25, 0.3) is 0 Å². The van der Waals surface area contributed by atoms with Crippen LogP contribution in [-0.4, -0.2) is 21.8 Å². The number of carbonyl (C=O) groups excluding carboxylic acids is 1. The molecule has 1 aromatic heterocycles. The van der Waals surface area contributed by atoms with Gasteiger partial charge in [-0.15, -0.1) is 0 Å². The van der Waals surface area contributed by atoms with Gasteiger partial charge in [-0.2, -0.15) is 0 Å². The van der Waals surface area contributed by atoms with Crippen LogP contribution in [0.4, 0.5) is 0 Å². The summed E-state index contributed by atoms with van der Waals surface area (Å²) in [4.78, 5) is 20.2. The highest BCUT2D eigenvalue weighted by molar-refractivity contribution is 9.10. The second-order valence-electron chi connectivity index (χ2n) is 3.85. The fourth-order valence-corrected chi connectivity index (χ4v) is 1.69. The monoisotopic (exact) mass is 269 g/mol. The minimum atomic E-state index is -0.525. The molecular weight excluding hydrogens is 258 g/mol. The fraction of sp³-hybridized carbons (Fsp3) is 0.500. The van der Waals surface area contributed by atoms with Crippen LogP contribution in [0.2, 0.25) is 0 Å². The molecule has 0 amide bonds. The van der Waals surface area contributed by atoms with E-state index in [-0.39, 0.29) is 5.78 Å². The molecule has 1 unspecified atom stereocenters. The van der Waals surface area contributed by atoms with Crippen molar-refractivity contribution in [2.75, 3.05) is 0 Å². The van der Waals surface area contributed by atoms with E-state index in [9.17, 15) is 4.79 Å². The van der Waals surface area contributed by atoms with Crippen molar-refractivity contribution >= 4 is 21.7 Å². The molecule has 1 aromatic rings. The number of Topliss-reactive ketones (excluding diaryl/α,β-unsaturated/α-hetero) is 1. The first-order valence-electron chi connectivity index (χ1n) is 4.92. The van der Waals surface area contributed by atoms with Gasteiger partial charge in [0.05, 0.1) is 10.5 Å². The molecule has 0 aromatic carbocycles. The third kappa shape index (κ3) is 2.23. The van der Waals surface area contributed by atoms with Gasteiger partial charge in [-0.1, -0.05) is 0 Å². The zero-order chi connectivity index (χ0) is 11.0. The van der Waals surface area contributed by atoms with E-state index in [1.165, 1.54) is 0 Å². The Morgan fingerprint density at radius 3 is 2.87 bits per heavy atom. The Labute approximate surface area is 96.4 Å². The predicted molar refractivity (Wildman–Crippen MR) is 59.7 cm³/mol. The largest absolute Gasteiger partial charge is 0.321 e. The van der Waals surface area contributed by atoms with Gasteiger partial charge < -0.3 is 5.73 Å². The summed E-state index contributed by atoms with van der Waals surface area (Å²) in [5, 5.41) is 0. The first kappa shape index (κ1) is 10.7. The van der Waals surface area contributed by atoms with Gasteiger partial charge in [0, 0.05) is 12.1 Å². The van der Waals surface area contributed by atoms with Crippen molar-refractivity contribution in [3.63, 3.8) is 0 Å². The summed E-state index contributed by atoms with van der Waals surface area (Å²) >= 11 is 3.27. The molecule has 0 radical (unpaired) electrons. The highest BCUT2D eigenvalue weighted by atomic mass is 79.9. The number of nitrogens with two attached hydrogens (primary N) is 1. The van der Waals surface area contributed by atoms with Crippen LogP contribution in [0.3, 0.4) is 0 Å². The van der Waals surface area contributed by atoms with Gasteiger partial charge in [0.15, 0.2) is 5.78 Å². The quantitative estimate of drug-likeness (QED) is 0.848. The predicted octanol–water partition coefficient (Wildman–Crippen LogP) is 1.65. The fourth-order valence-electron chi connectivity index (χ4n) is 1.31. The minimum Gasteiger partial charge on any atom is -0.321 e. The van der Waals surface area contributed by atoms with Crippen LogP contribution in [0.25, 0.3) is 0 Å². The molecule has 0 spiro atoms. The second kappa shape index (κ2) is 3.98. The average molecular weight is 270 g/mol. The molecule has 0 aliphatic heterocycles. The summed E-state index contributed by atoms with van der Waals surface area (Å²) in [5.41, 5.74) is 5.95. The Morgan fingerprint density at radius 1 is 1.67 bits per heavy atom. The van der Waals surface area contributed by atoms with Gasteiger partial charge in [0.1, 0.15) is 11.5 Å². The highest BCUT2D eigenvalue weighted by Crippen LogP contribution is 2.38. The Balaban J connectivity index is 2.35. The maximum Gasteiger partial charge on any atom is 0.198 e. The zero-order valence-corrected chi connectivity index (χ0v) is 9.99. The summed E-state index contributed by atoms with van der Waals surface area (Å²) in [6.45, 7) is 1.66. The molecule has 15 heavy (non-hydrogen) atoms. The summed E-state index contributed by atoms with van der Waals surface area (Å²) in [5.74, 6) is 1.06. The number of ketones is 1. The van der Waals surface area contributed by atoms with E-state index in [2.05, 4.69) is 25.9 Å². The van der Waals surface area contributed by atoms with E-state index in [4.69, 9.17) is 5.73 Å². The Morgan fingerprint density at radius 2 is 2.33 bits per heavy atom.